The molecule has 4 nitrogen and oxygen atoms in total. The molecule has 0 unspecified atom stereocenters. The van der Waals surface area contributed by atoms with Crippen molar-refractivity contribution in [3.63, 3.8) is 0 Å². The highest BCUT2D eigenvalue weighted by molar-refractivity contribution is 9.10. The first-order valence-electron chi connectivity index (χ1n) is 8.97. The second-order valence-corrected chi connectivity index (χ2v) is 8.18. The first-order valence-corrected chi connectivity index (χ1v) is 10.1. The van der Waals surface area contributed by atoms with E-state index in [4.69, 9.17) is 16.3 Å². The van der Waals surface area contributed by atoms with Gasteiger partial charge in [-0.25, -0.2) is 9.18 Å². The van der Waals surface area contributed by atoms with E-state index in [1.165, 1.54) is 12.1 Å². The summed E-state index contributed by atoms with van der Waals surface area (Å²) in [6, 6.07) is 11.6. The Hall–Kier alpha value is -1.85. The predicted molar refractivity (Wildman–Crippen MR) is 111 cm³/mol. The number of hydrogen-bond donors (Lipinski definition) is 0. The minimum atomic E-state index is -0.272. The van der Waals surface area contributed by atoms with Crippen LogP contribution in [0.4, 0.5) is 4.39 Å². The first kappa shape index (κ1) is 20.9. The van der Waals surface area contributed by atoms with E-state index in [0.29, 0.717) is 29.7 Å². The number of rotatable bonds is 5. The zero-order valence-corrected chi connectivity index (χ0v) is 18.0. The van der Waals surface area contributed by atoms with Crippen molar-refractivity contribution in [1.82, 2.24) is 9.80 Å². The summed E-state index contributed by atoms with van der Waals surface area (Å²) in [5, 5.41) is 0.627. The van der Waals surface area contributed by atoms with Crippen LogP contribution >= 0.6 is 27.5 Å². The van der Waals surface area contributed by atoms with Crippen LogP contribution in [0, 0.1) is 5.82 Å². The monoisotopic (exact) mass is 466 g/mol. The number of ether oxygens (including phenoxy) is 1. The van der Waals surface area contributed by atoms with Crippen LogP contribution in [0.25, 0.3) is 0 Å². The lowest BCUT2D eigenvalue weighted by atomic mass is 10.0. The molecule has 1 saturated heterocycles. The molecule has 0 radical (unpaired) electrons. The zero-order chi connectivity index (χ0) is 20.3. The van der Waals surface area contributed by atoms with Gasteiger partial charge in [0.25, 0.3) is 0 Å². The van der Waals surface area contributed by atoms with Crippen molar-refractivity contribution in [2.45, 2.75) is 32.5 Å². The summed E-state index contributed by atoms with van der Waals surface area (Å²) in [5.41, 5.74) is 1.52. The lowest BCUT2D eigenvalue weighted by Gasteiger charge is -2.45. The number of piperazine rings is 1. The Morgan fingerprint density at radius 2 is 1.96 bits per heavy atom. The summed E-state index contributed by atoms with van der Waals surface area (Å²) in [7, 11) is 0. The van der Waals surface area contributed by atoms with Crippen molar-refractivity contribution in [2.24, 2.45) is 0 Å². The van der Waals surface area contributed by atoms with Crippen molar-refractivity contribution in [2.75, 3.05) is 13.3 Å². The lowest BCUT2D eigenvalue weighted by molar-refractivity contribution is 0.0283. The molecular formula is C21H21BrClFN2O2. The normalized spacial score (nSPS) is 20.2. The molecule has 1 aliphatic rings. The molecule has 0 bridgehead atoms. The van der Waals surface area contributed by atoms with Gasteiger partial charge in [0, 0.05) is 24.2 Å². The molecular weight excluding hydrogens is 447 g/mol. The van der Waals surface area contributed by atoms with E-state index in [1.54, 1.807) is 24.3 Å². The van der Waals surface area contributed by atoms with Crippen LogP contribution in [-0.4, -0.2) is 41.1 Å². The molecule has 1 fully saturated rings. The average Bonchev–Trinajstić information content (AvgIpc) is 2.66. The van der Waals surface area contributed by atoms with Crippen molar-refractivity contribution in [3.05, 3.63) is 69.0 Å². The average molecular weight is 468 g/mol. The van der Waals surface area contributed by atoms with Gasteiger partial charge in [-0.3, -0.25) is 4.90 Å². The summed E-state index contributed by atoms with van der Waals surface area (Å²) in [4.78, 5) is 15.8. The summed E-state index contributed by atoms with van der Waals surface area (Å²) in [5.74, 6) is 2.53. The molecule has 0 aliphatic carbocycles. The Morgan fingerprint density at radius 3 is 2.61 bits per heavy atom. The summed E-state index contributed by atoms with van der Waals surface area (Å²) >= 11 is 9.41. The van der Waals surface area contributed by atoms with Gasteiger partial charge in [0.1, 0.15) is 29.9 Å². The van der Waals surface area contributed by atoms with Crippen LogP contribution in [0.2, 0.25) is 5.02 Å². The summed E-state index contributed by atoms with van der Waals surface area (Å²) in [6.07, 6.45) is 0. The third-order valence-electron chi connectivity index (χ3n) is 4.93. The highest BCUT2D eigenvalue weighted by Crippen LogP contribution is 2.30. The van der Waals surface area contributed by atoms with Gasteiger partial charge in [-0.15, -0.1) is 0 Å². The van der Waals surface area contributed by atoms with Crippen LogP contribution in [0.1, 0.15) is 19.4 Å². The van der Waals surface area contributed by atoms with E-state index in [-0.39, 0.29) is 17.9 Å². The number of carbonyl (C=O) groups excluding carboxylic acids is 1. The predicted octanol–water partition coefficient (Wildman–Crippen LogP) is 4.89. The highest BCUT2D eigenvalue weighted by atomic mass is 79.9. The van der Waals surface area contributed by atoms with E-state index in [1.807, 2.05) is 17.9 Å². The fraction of sp³-hybridized carbons (Fsp3) is 0.333. The maximum absolute atomic E-state index is 13.2. The second kappa shape index (κ2) is 9.10. The molecule has 2 atom stereocenters. The molecule has 1 heterocycles. The van der Waals surface area contributed by atoms with Crippen LogP contribution in [0.15, 0.2) is 52.6 Å². The van der Waals surface area contributed by atoms with E-state index in [2.05, 4.69) is 33.7 Å². The van der Waals surface area contributed by atoms with Gasteiger partial charge >= 0.3 is 0 Å². The largest absolute Gasteiger partial charge is 0.477 e. The minimum absolute atomic E-state index is 0.0787. The number of benzene rings is 2. The first-order chi connectivity index (χ1) is 13.4. The van der Waals surface area contributed by atoms with Crippen LogP contribution < -0.4 is 4.74 Å². The molecule has 7 heteroatoms. The molecule has 148 valence electrons. The Morgan fingerprint density at radius 1 is 1.25 bits per heavy atom. The van der Waals surface area contributed by atoms with Crippen LogP contribution in [-0.2, 0) is 11.3 Å². The fourth-order valence-electron chi connectivity index (χ4n) is 3.33. The maximum Gasteiger partial charge on any atom is 0.147 e. The molecule has 0 spiro atoms. The zero-order valence-electron chi connectivity index (χ0n) is 15.7. The Labute approximate surface area is 177 Å². The van der Waals surface area contributed by atoms with Gasteiger partial charge in [0.2, 0.25) is 0 Å². The van der Waals surface area contributed by atoms with Gasteiger partial charge in [-0.1, -0.05) is 23.7 Å². The van der Waals surface area contributed by atoms with Gasteiger partial charge in [-0.05, 0) is 65.7 Å². The Kier molecular flexibility index (Phi) is 6.78. The molecule has 0 aromatic heterocycles. The molecule has 0 saturated carbocycles. The Balaban J connectivity index is 1.70. The maximum atomic E-state index is 13.2. The van der Waals surface area contributed by atoms with E-state index >= 15 is 0 Å². The summed E-state index contributed by atoms with van der Waals surface area (Å²) < 4.78 is 19.9. The van der Waals surface area contributed by atoms with Crippen molar-refractivity contribution in [1.29, 1.82) is 0 Å². The minimum Gasteiger partial charge on any atom is -0.477 e. The van der Waals surface area contributed by atoms with E-state index in [9.17, 15) is 9.18 Å². The standard InChI is InChI=1S/C21H21BrClFN2O2/c1-14-10-25(13-28-21-8-5-17(23)9-19(21)22)15(2)20(12-27)26(14)11-16-3-6-18(24)7-4-16/h3-9,14-15H,10-11,13H2,1-2H3/t14-,15+/m1/s1. The fourth-order valence-corrected chi connectivity index (χ4v) is 4.12. The van der Waals surface area contributed by atoms with Gasteiger partial charge < -0.3 is 9.64 Å². The quantitative estimate of drug-likeness (QED) is 0.586. The van der Waals surface area contributed by atoms with Crippen LogP contribution in [0.3, 0.4) is 0 Å². The van der Waals surface area contributed by atoms with Gasteiger partial charge in [0.15, 0.2) is 0 Å². The molecule has 2 aromatic rings. The topological polar surface area (TPSA) is 32.8 Å². The molecule has 0 amide bonds. The third kappa shape index (κ3) is 4.76. The van der Waals surface area contributed by atoms with E-state index < -0.39 is 0 Å². The molecule has 3 rings (SSSR count). The SMILES string of the molecule is C[C@@H]1CN(COc2ccc(Cl)cc2Br)[C@@H](C)C(=C=O)N1Cc1ccc(F)cc1. The van der Waals surface area contributed by atoms with Gasteiger partial charge in [-0.2, -0.15) is 0 Å². The number of hydrogen-bond acceptors (Lipinski definition) is 4. The smallest absolute Gasteiger partial charge is 0.147 e. The molecule has 2 aromatic carbocycles. The van der Waals surface area contributed by atoms with E-state index in [0.717, 1.165) is 16.6 Å². The number of halogens is 3. The lowest BCUT2D eigenvalue weighted by Crippen LogP contribution is -2.55. The molecule has 1 aliphatic heterocycles. The third-order valence-corrected chi connectivity index (χ3v) is 5.79. The second-order valence-electron chi connectivity index (χ2n) is 6.89. The summed E-state index contributed by atoms with van der Waals surface area (Å²) in [6.45, 7) is 5.61. The van der Waals surface area contributed by atoms with Crippen molar-refractivity contribution in [3.8, 4) is 5.75 Å². The Bertz CT molecular complexity index is 886. The van der Waals surface area contributed by atoms with Gasteiger partial charge in [0.05, 0.1) is 10.5 Å². The highest BCUT2D eigenvalue weighted by Gasteiger charge is 2.34. The molecule has 0 N–H and O–H groups in total. The van der Waals surface area contributed by atoms with Crippen molar-refractivity contribution >= 4 is 33.5 Å². The van der Waals surface area contributed by atoms with Crippen molar-refractivity contribution < 1.29 is 13.9 Å². The number of nitrogens with zero attached hydrogens (tertiary/aromatic N) is 2. The van der Waals surface area contributed by atoms with Crippen LogP contribution in [0.5, 0.6) is 5.75 Å². The molecule has 28 heavy (non-hydrogen) atoms.